The third-order valence-electron chi connectivity index (χ3n) is 1.38. The second kappa shape index (κ2) is 7.62. The van der Waals surface area contributed by atoms with E-state index in [1.54, 1.807) is 12.4 Å². The van der Waals surface area contributed by atoms with E-state index < -0.39 is 0 Å². The van der Waals surface area contributed by atoms with Gasteiger partial charge in [-0.2, -0.15) is 0 Å². The molecule has 1 unspecified atom stereocenters. The van der Waals surface area contributed by atoms with E-state index >= 15 is 0 Å². The van der Waals surface area contributed by atoms with E-state index in [1.165, 1.54) is 0 Å². The molecule has 0 aliphatic carbocycles. The number of rotatable bonds is 6. The van der Waals surface area contributed by atoms with Crippen LogP contribution in [-0.4, -0.2) is 18.2 Å². The first kappa shape index (κ1) is 11.3. The van der Waals surface area contributed by atoms with Gasteiger partial charge in [-0.25, -0.2) is 0 Å². The molecule has 3 nitrogen and oxygen atoms in total. The molecule has 0 N–H and O–H groups in total. The van der Waals surface area contributed by atoms with Crippen molar-refractivity contribution in [1.82, 2.24) is 4.98 Å². The Morgan fingerprint density at radius 1 is 1.46 bits per heavy atom. The molecule has 1 heterocycles. The van der Waals surface area contributed by atoms with Gasteiger partial charge in [-0.15, -0.1) is 0 Å². The normalized spacial score (nSPS) is 11.2. The Hall–Kier alpha value is 0.230. The molecule has 0 aliphatic rings. The highest BCUT2D eigenvalue weighted by Gasteiger charge is 1.91. The van der Waals surface area contributed by atoms with Crippen LogP contribution >= 0.6 is 28.5 Å². The number of aromatic nitrogens is 1. The van der Waals surface area contributed by atoms with Crippen molar-refractivity contribution in [3.63, 3.8) is 0 Å². The Morgan fingerprint density at radius 3 is 3.08 bits per heavy atom. The number of hydrogen-bond donors (Lipinski definition) is 0. The molecule has 13 heavy (non-hydrogen) atoms. The molecule has 72 valence electrons. The fraction of sp³-hybridized carbons (Fsp3) is 0.375. The maximum Gasteiger partial charge on any atom is 0.0794 e. The van der Waals surface area contributed by atoms with Crippen molar-refractivity contribution in [2.24, 2.45) is 0 Å². The van der Waals surface area contributed by atoms with Crippen LogP contribution in [0.2, 0.25) is 0 Å². The number of hydrogen-bond acceptors (Lipinski definition) is 3. The maximum atomic E-state index is 5.36. The molecule has 1 aromatic heterocycles. The Bertz CT molecular complexity index is 223. The van der Waals surface area contributed by atoms with Gasteiger partial charge >= 0.3 is 0 Å². The summed E-state index contributed by atoms with van der Waals surface area (Å²) in [5, 5.41) is 0. The second-order valence-corrected chi connectivity index (χ2v) is 4.10. The molecule has 1 rings (SSSR count). The summed E-state index contributed by atoms with van der Waals surface area (Å²) in [5.41, 5.74) is 1.10. The molecule has 0 radical (unpaired) electrons. The number of ether oxygens (including phenoxy) is 1. The number of pyridine rings is 1. The van der Waals surface area contributed by atoms with E-state index in [2.05, 4.69) is 27.0 Å². The summed E-state index contributed by atoms with van der Waals surface area (Å²) in [6.45, 7) is 2.44. The smallest absolute Gasteiger partial charge is 0.0794 e. The van der Waals surface area contributed by atoms with Crippen LogP contribution < -0.4 is 0 Å². The SMILES string of the molecule is IPOCCOCc1cccnc1. The molecular formula is C8H11INO2P. The fourth-order valence-corrected chi connectivity index (χ4v) is 1.63. The van der Waals surface area contributed by atoms with Gasteiger partial charge in [0.1, 0.15) is 0 Å². The lowest BCUT2D eigenvalue weighted by molar-refractivity contribution is 0.0944. The molecule has 1 aromatic rings. The number of nitrogens with zero attached hydrogens (tertiary/aromatic N) is 1. The average molecular weight is 311 g/mol. The van der Waals surface area contributed by atoms with Crippen molar-refractivity contribution >= 4 is 28.5 Å². The van der Waals surface area contributed by atoms with Crippen LogP contribution in [0.25, 0.3) is 0 Å². The van der Waals surface area contributed by atoms with Gasteiger partial charge in [-0.1, -0.05) is 6.07 Å². The topological polar surface area (TPSA) is 31.4 Å². The zero-order valence-electron chi connectivity index (χ0n) is 7.07. The van der Waals surface area contributed by atoms with Crippen molar-refractivity contribution in [3.05, 3.63) is 30.1 Å². The van der Waals surface area contributed by atoms with Crippen molar-refractivity contribution < 1.29 is 9.26 Å². The summed E-state index contributed by atoms with van der Waals surface area (Å²) in [6, 6.07) is 3.90. The molecule has 1 atom stereocenters. The molecule has 0 fully saturated rings. The van der Waals surface area contributed by atoms with Gasteiger partial charge in [-0.05, 0) is 33.7 Å². The van der Waals surface area contributed by atoms with Crippen molar-refractivity contribution in [2.75, 3.05) is 13.2 Å². The van der Waals surface area contributed by atoms with Gasteiger partial charge in [0.15, 0.2) is 0 Å². The van der Waals surface area contributed by atoms with Gasteiger partial charge in [0.25, 0.3) is 0 Å². The van der Waals surface area contributed by atoms with Crippen molar-refractivity contribution in [1.29, 1.82) is 0 Å². The van der Waals surface area contributed by atoms with Crippen LogP contribution in [0.3, 0.4) is 0 Å². The predicted octanol–water partition coefficient (Wildman–Crippen LogP) is 2.56. The van der Waals surface area contributed by atoms with Crippen LogP contribution in [0.1, 0.15) is 5.56 Å². The van der Waals surface area contributed by atoms with Crippen LogP contribution in [0.4, 0.5) is 0 Å². The molecule has 0 bridgehead atoms. The molecule has 0 saturated heterocycles. The highest BCUT2D eigenvalue weighted by molar-refractivity contribution is 14.2. The lowest BCUT2D eigenvalue weighted by atomic mass is 10.3. The van der Waals surface area contributed by atoms with Crippen LogP contribution in [-0.2, 0) is 15.9 Å². The summed E-state index contributed by atoms with van der Waals surface area (Å²) in [4.78, 5) is 3.99. The maximum absolute atomic E-state index is 5.36. The lowest BCUT2D eigenvalue weighted by Crippen LogP contribution is -2.00. The zero-order chi connectivity index (χ0) is 9.36. The van der Waals surface area contributed by atoms with E-state index in [9.17, 15) is 0 Å². The quantitative estimate of drug-likeness (QED) is 0.460. The Kier molecular flexibility index (Phi) is 6.62. The minimum Gasteiger partial charge on any atom is -0.374 e. The van der Waals surface area contributed by atoms with E-state index in [0.29, 0.717) is 26.3 Å². The van der Waals surface area contributed by atoms with Crippen LogP contribution in [0, 0.1) is 0 Å². The third-order valence-corrected chi connectivity index (χ3v) is 2.62. The fourth-order valence-electron chi connectivity index (χ4n) is 0.813. The Morgan fingerprint density at radius 2 is 2.38 bits per heavy atom. The minimum atomic E-state index is 0.513. The predicted molar refractivity (Wildman–Crippen MR) is 62.2 cm³/mol. The summed E-state index contributed by atoms with van der Waals surface area (Å²) < 4.78 is 10.5. The van der Waals surface area contributed by atoms with Crippen LogP contribution in [0.15, 0.2) is 24.5 Å². The average Bonchev–Trinajstić information content (AvgIpc) is 2.19. The first-order valence-electron chi connectivity index (χ1n) is 3.87. The summed E-state index contributed by atoms with van der Waals surface area (Å²) in [6.07, 6.45) is 3.56. The Balaban J connectivity index is 2.07. The molecule has 5 heteroatoms. The van der Waals surface area contributed by atoms with Gasteiger partial charge in [0, 0.05) is 12.4 Å². The largest absolute Gasteiger partial charge is 0.374 e. The first-order valence-corrected chi connectivity index (χ1v) is 7.90. The highest BCUT2D eigenvalue weighted by atomic mass is 127. The molecule has 0 saturated carbocycles. The van der Waals surface area contributed by atoms with E-state index in [-0.39, 0.29) is 0 Å². The zero-order valence-corrected chi connectivity index (χ0v) is 10.2. The third kappa shape index (κ3) is 5.52. The van der Waals surface area contributed by atoms with Gasteiger partial charge in [0.05, 0.1) is 26.3 Å². The number of halogens is 1. The monoisotopic (exact) mass is 311 g/mol. The molecule has 0 aromatic carbocycles. The van der Waals surface area contributed by atoms with Crippen molar-refractivity contribution in [2.45, 2.75) is 6.61 Å². The molecule has 0 spiro atoms. The first-order chi connectivity index (χ1) is 6.43. The summed E-state index contributed by atoms with van der Waals surface area (Å²) in [5.74, 6) is 0. The summed E-state index contributed by atoms with van der Waals surface area (Å²) >= 11 is 2.19. The van der Waals surface area contributed by atoms with E-state index in [4.69, 9.17) is 9.26 Å². The van der Waals surface area contributed by atoms with E-state index in [1.807, 2.05) is 12.1 Å². The molecular weight excluding hydrogens is 300 g/mol. The minimum absolute atomic E-state index is 0.513. The van der Waals surface area contributed by atoms with Gasteiger partial charge in [0.2, 0.25) is 0 Å². The Labute approximate surface area is 92.6 Å². The lowest BCUT2D eigenvalue weighted by Gasteiger charge is -2.02. The highest BCUT2D eigenvalue weighted by Crippen LogP contribution is 2.20. The molecule has 0 amide bonds. The molecule has 0 aliphatic heterocycles. The van der Waals surface area contributed by atoms with Crippen molar-refractivity contribution in [3.8, 4) is 0 Å². The second-order valence-electron chi connectivity index (χ2n) is 2.34. The van der Waals surface area contributed by atoms with Crippen LogP contribution in [0.5, 0.6) is 0 Å². The summed E-state index contributed by atoms with van der Waals surface area (Å²) in [7, 11) is 0. The van der Waals surface area contributed by atoms with E-state index in [0.717, 1.165) is 5.56 Å². The van der Waals surface area contributed by atoms with Gasteiger partial charge in [-0.3, -0.25) is 4.98 Å². The van der Waals surface area contributed by atoms with Gasteiger partial charge < -0.3 is 9.26 Å². The standard InChI is InChI=1S/C8H11INO2P/c9-13-12-5-4-11-7-8-2-1-3-10-6-8/h1-3,6,13H,4-5,7H2.